The SMILES string of the molecule is C=CCOc1cc(C#N)c(OC)c(OC)c1C. The number of hydrogen-bond donors (Lipinski definition) is 0. The van der Waals surface area contributed by atoms with Gasteiger partial charge in [-0.05, 0) is 6.92 Å². The summed E-state index contributed by atoms with van der Waals surface area (Å²) in [5, 5.41) is 9.05. The Kier molecular flexibility index (Phi) is 4.41. The molecule has 17 heavy (non-hydrogen) atoms. The van der Waals surface area contributed by atoms with Crippen molar-refractivity contribution < 1.29 is 14.2 Å². The van der Waals surface area contributed by atoms with Gasteiger partial charge in [0, 0.05) is 11.6 Å². The fourth-order valence-electron chi connectivity index (χ4n) is 1.54. The minimum absolute atomic E-state index is 0.376. The first kappa shape index (κ1) is 12.9. The molecule has 0 radical (unpaired) electrons. The van der Waals surface area contributed by atoms with Crippen LogP contribution in [0.15, 0.2) is 18.7 Å². The number of ether oxygens (including phenoxy) is 3. The molecule has 0 aliphatic heterocycles. The van der Waals surface area contributed by atoms with E-state index in [9.17, 15) is 0 Å². The lowest BCUT2D eigenvalue weighted by molar-refractivity contribution is 0.334. The molecular formula is C13H15NO3. The minimum atomic E-state index is 0.376. The van der Waals surface area contributed by atoms with Crippen LogP contribution in [0.25, 0.3) is 0 Å². The van der Waals surface area contributed by atoms with Crippen molar-refractivity contribution in [2.75, 3.05) is 20.8 Å². The zero-order chi connectivity index (χ0) is 12.8. The topological polar surface area (TPSA) is 51.5 Å². The summed E-state index contributed by atoms with van der Waals surface area (Å²) in [5.41, 5.74) is 1.18. The van der Waals surface area contributed by atoms with Gasteiger partial charge in [-0.15, -0.1) is 0 Å². The highest BCUT2D eigenvalue weighted by molar-refractivity contribution is 5.61. The van der Waals surface area contributed by atoms with E-state index < -0.39 is 0 Å². The summed E-state index contributed by atoms with van der Waals surface area (Å²) in [6, 6.07) is 3.69. The number of nitriles is 1. The van der Waals surface area contributed by atoms with Gasteiger partial charge < -0.3 is 14.2 Å². The number of methoxy groups -OCH3 is 2. The summed E-state index contributed by atoms with van der Waals surface area (Å²) < 4.78 is 15.9. The average molecular weight is 233 g/mol. The Bertz CT molecular complexity index is 461. The second-order valence-electron chi connectivity index (χ2n) is 3.33. The summed E-state index contributed by atoms with van der Waals surface area (Å²) in [4.78, 5) is 0. The lowest BCUT2D eigenvalue weighted by Gasteiger charge is -2.15. The summed E-state index contributed by atoms with van der Waals surface area (Å²) in [5.74, 6) is 1.54. The van der Waals surface area contributed by atoms with Crippen molar-refractivity contribution in [3.8, 4) is 23.3 Å². The van der Waals surface area contributed by atoms with Crippen molar-refractivity contribution in [1.82, 2.24) is 0 Å². The van der Waals surface area contributed by atoms with Gasteiger partial charge in [0.25, 0.3) is 0 Å². The van der Waals surface area contributed by atoms with Gasteiger partial charge in [-0.1, -0.05) is 12.7 Å². The van der Waals surface area contributed by atoms with E-state index in [1.807, 2.05) is 6.92 Å². The summed E-state index contributed by atoms with van der Waals surface area (Å²) in [6.07, 6.45) is 1.64. The Balaban J connectivity index is 3.35. The van der Waals surface area contributed by atoms with E-state index in [0.717, 1.165) is 5.56 Å². The molecule has 0 N–H and O–H groups in total. The van der Waals surface area contributed by atoms with Crippen LogP contribution in [0.5, 0.6) is 17.2 Å². The van der Waals surface area contributed by atoms with Crippen LogP contribution in [-0.4, -0.2) is 20.8 Å². The predicted octanol–water partition coefficient (Wildman–Crippen LogP) is 2.45. The maximum Gasteiger partial charge on any atom is 0.179 e. The molecule has 4 heteroatoms. The normalized spacial score (nSPS) is 9.29. The van der Waals surface area contributed by atoms with Crippen molar-refractivity contribution in [2.24, 2.45) is 0 Å². The Labute approximate surface area is 101 Å². The van der Waals surface area contributed by atoms with Crippen LogP contribution < -0.4 is 14.2 Å². The molecule has 0 fully saturated rings. The van der Waals surface area contributed by atoms with E-state index in [0.29, 0.717) is 29.4 Å². The largest absolute Gasteiger partial charge is 0.492 e. The molecule has 0 amide bonds. The zero-order valence-corrected chi connectivity index (χ0v) is 10.2. The molecule has 0 bridgehead atoms. The van der Waals surface area contributed by atoms with Gasteiger partial charge >= 0.3 is 0 Å². The van der Waals surface area contributed by atoms with Gasteiger partial charge in [0.1, 0.15) is 24.0 Å². The molecule has 0 aromatic heterocycles. The fraction of sp³-hybridized carbons (Fsp3) is 0.308. The second kappa shape index (κ2) is 5.80. The predicted molar refractivity (Wildman–Crippen MR) is 64.7 cm³/mol. The smallest absolute Gasteiger partial charge is 0.179 e. The molecule has 90 valence electrons. The number of hydrogen-bond acceptors (Lipinski definition) is 4. The van der Waals surface area contributed by atoms with Crippen molar-refractivity contribution in [2.45, 2.75) is 6.92 Å². The monoisotopic (exact) mass is 233 g/mol. The molecule has 0 saturated carbocycles. The number of benzene rings is 1. The van der Waals surface area contributed by atoms with Crippen LogP contribution in [-0.2, 0) is 0 Å². The standard InChI is InChI=1S/C13H15NO3/c1-5-6-17-11-7-10(8-14)13(16-4)12(15-3)9(11)2/h5,7H,1,6H2,2-4H3. The van der Waals surface area contributed by atoms with Crippen LogP contribution in [0.1, 0.15) is 11.1 Å². The van der Waals surface area contributed by atoms with Gasteiger partial charge in [-0.3, -0.25) is 0 Å². The lowest BCUT2D eigenvalue weighted by atomic mass is 10.1. The first-order valence-electron chi connectivity index (χ1n) is 5.08. The minimum Gasteiger partial charge on any atom is -0.492 e. The lowest BCUT2D eigenvalue weighted by Crippen LogP contribution is -2.01. The van der Waals surface area contributed by atoms with E-state index in [4.69, 9.17) is 19.5 Å². The van der Waals surface area contributed by atoms with Crippen molar-refractivity contribution in [3.05, 3.63) is 29.8 Å². The van der Waals surface area contributed by atoms with Crippen molar-refractivity contribution in [1.29, 1.82) is 5.26 Å². The first-order valence-corrected chi connectivity index (χ1v) is 5.08. The average Bonchev–Trinajstić information content (AvgIpc) is 2.36. The van der Waals surface area contributed by atoms with Gasteiger partial charge in [-0.25, -0.2) is 0 Å². The summed E-state index contributed by atoms with van der Waals surface area (Å²) in [7, 11) is 3.03. The number of rotatable bonds is 5. The van der Waals surface area contributed by atoms with Gasteiger partial charge in [0.05, 0.1) is 14.2 Å². The maximum absolute atomic E-state index is 9.05. The molecular weight excluding hydrogens is 218 g/mol. The maximum atomic E-state index is 9.05. The molecule has 0 unspecified atom stereocenters. The van der Waals surface area contributed by atoms with E-state index >= 15 is 0 Å². The number of nitrogens with zero attached hydrogens (tertiary/aromatic N) is 1. The molecule has 0 heterocycles. The van der Waals surface area contributed by atoms with E-state index in [-0.39, 0.29) is 0 Å². The highest BCUT2D eigenvalue weighted by atomic mass is 16.5. The van der Waals surface area contributed by atoms with E-state index in [1.165, 1.54) is 14.2 Å². The van der Waals surface area contributed by atoms with Crippen LogP contribution in [0.2, 0.25) is 0 Å². The van der Waals surface area contributed by atoms with Crippen molar-refractivity contribution >= 4 is 0 Å². The zero-order valence-electron chi connectivity index (χ0n) is 10.2. The van der Waals surface area contributed by atoms with E-state index in [1.54, 1.807) is 12.1 Å². The Morgan fingerprint density at radius 1 is 1.35 bits per heavy atom. The molecule has 0 atom stereocenters. The third-order valence-corrected chi connectivity index (χ3v) is 2.32. The molecule has 0 aliphatic carbocycles. The first-order chi connectivity index (χ1) is 8.19. The Morgan fingerprint density at radius 3 is 2.47 bits per heavy atom. The highest BCUT2D eigenvalue weighted by Gasteiger charge is 2.17. The molecule has 1 aromatic rings. The van der Waals surface area contributed by atoms with Crippen LogP contribution >= 0.6 is 0 Å². The Hall–Kier alpha value is -2.15. The van der Waals surface area contributed by atoms with Crippen molar-refractivity contribution in [3.63, 3.8) is 0 Å². The van der Waals surface area contributed by atoms with Gasteiger partial charge in [-0.2, -0.15) is 5.26 Å². The Morgan fingerprint density at radius 2 is 2.00 bits per heavy atom. The van der Waals surface area contributed by atoms with E-state index in [2.05, 4.69) is 12.6 Å². The van der Waals surface area contributed by atoms with Crippen LogP contribution in [0, 0.1) is 18.3 Å². The summed E-state index contributed by atoms with van der Waals surface area (Å²) >= 11 is 0. The van der Waals surface area contributed by atoms with Crippen LogP contribution in [0.4, 0.5) is 0 Å². The van der Waals surface area contributed by atoms with Gasteiger partial charge in [0.15, 0.2) is 11.5 Å². The quantitative estimate of drug-likeness (QED) is 0.733. The second-order valence-corrected chi connectivity index (χ2v) is 3.33. The third-order valence-electron chi connectivity index (χ3n) is 2.32. The highest BCUT2D eigenvalue weighted by Crippen LogP contribution is 2.39. The molecule has 0 spiro atoms. The molecule has 1 aromatic carbocycles. The molecule has 1 rings (SSSR count). The molecule has 0 aliphatic rings. The van der Waals surface area contributed by atoms with Crippen LogP contribution in [0.3, 0.4) is 0 Å². The summed E-state index contributed by atoms with van der Waals surface area (Å²) in [6.45, 7) is 5.80. The third kappa shape index (κ3) is 2.51. The fourth-order valence-corrected chi connectivity index (χ4v) is 1.54. The van der Waals surface area contributed by atoms with Gasteiger partial charge in [0.2, 0.25) is 0 Å². The molecule has 0 saturated heterocycles. The molecule has 4 nitrogen and oxygen atoms in total.